The fourth-order valence-electron chi connectivity index (χ4n) is 5.22. The average Bonchev–Trinajstić information content (AvgIpc) is 3.48. The van der Waals surface area contributed by atoms with Gasteiger partial charge >= 0.3 is 0 Å². The van der Waals surface area contributed by atoms with Crippen LogP contribution in [0.15, 0.2) is 59.5 Å². The number of aromatic nitrogens is 1. The number of hydrogen-bond donors (Lipinski definition) is 2. The molecule has 35 heavy (non-hydrogen) atoms. The van der Waals surface area contributed by atoms with Crippen LogP contribution in [0.5, 0.6) is 5.75 Å². The Morgan fingerprint density at radius 3 is 2.63 bits per heavy atom. The van der Waals surface area contributed by atoms with E-state index in [0.717, 1.165) is 22.2 Å². The topological polar surface area (TPSA) is 118 Å². The molecular formula is C25H27N3O6S. The van der Waals surface area contributed by atoms with E-state index in [1.165, 1.54) is 23.5 Å². The Balaban J connectivity index is 1.33. The van der Waals surface area contributed by atoms with Crippen molar-refractivity contribution in [3.05, 3.63) is 65.9 Å². The summed E-state index contributed by atoms with van der Waals surface area (Å²) in [6.45, 7) is 2.25. The molecule has 0 aliphatic carbocycles. The summed E-state index contributed by atoms with van der Waals surface area (Å²) in [4.78, 5) is 16.9. The number of benzene rings is 2. The molecule has 0 radical (unpaired) electrons. The number of sulfonamides is 1. The molecule has 1 amide bonds. The molecule has 2 unspecified atom stereocenters. The van der Waals surface area contributed by atoms with Gasteiger partial charge in [-0.15, -0.1) is 0 Å². The summed E-state index contributed by atoms with van der Waals surface area (Å²) in [5, 5.41) is 10.1. The van der Waals surface area contributed by atoms with E-state index in [0.29, 0.717) is 25.2 Å². The third kappa shape index (κ3) is 4.27. The normalized spacial score (nSPS) is 23.7. The van der Waals surface area contributed by atoms with Crippen LogP contribution in [-0.4, -0.2) is 54.1 Å². The van der Waals surface area contributed by atoms with Crippen molar-refractivity contribution in [3.8, 4) is 5.75 Å². The predicted octanol–water partition coefficient (Wildman–Crippen LogP) is 2.79. The van der Waals surface area contributed by atoms with Crippen molar-refractivity contribution in [1.29, 1.82) is 0 Å². The third-order valence-electron chi connectivity index (χ3n) is 6.89. The van der Waals surface area contributed by atoms with Crippen LogP contribution in [0.4, 0.5) is 0 Å². The van der Waals surface area contributed by atoms with Crippen molar-refractivity contribution in [2.24, 2.45) is 5.92 Å². The number of nitrogens with one attached hydrogen (secondary N) is 1. The zero-order valence-corrected chi connectivity index (χ0v) is 20.2. The Kier molecular flexibility index (Phi) is 6.22. The van der Waals surface area contributed by atoms with Crippen molar-refractivity contribution >= 4 is 26.8 Å². The molecule has 0 spiro atoms. The third-order valence-corrected chi connectivity index (χ3v) is 8.76. The number of hydroxylamine groups is 1. The monoisotopic (exact) mass is 497 g/mol. The number of rotatable bonds is 7. The number of ether oxygens (including phenoxy) is 2. The van der Waals surface area contributed by atoms with E-state index in [1.54, 1.807) is 17.6 Å². The minimum Gasteiger partial charge on any atom is -0.489 e. The van der Waals surface area contributed by atoms with Crippen LogP contribution < -0.4 is 10.2 Å². The molecule has 5 rings (SSSR count). The molecule has 3 aromatic rings. The maximum atomic E-state index is 13.4. The number of amides is 1. The van der Waals surface area contributed by atoms with Crippen LogP contribution in [0.3, 0.4) is 0 Å². The first-order valence-corrected chi connectivity index (χ1v) is 12.9. The second-order valence-electron chi connectivity index (χ2n) is 9.00. The fourth-order valence-corrected chi connectivity index (χ4v) is 6.62. The van der Waals surface area contributed by atoms with Crippen molar-refractivity contribution in [1.82, 2.24) is 14.8 Å². The zero-order chi connectivity index (χ0) is 24.7. The van der Waals surface area contributed by atoms with E-state index in [9.17, 15) is 13.2 Å². The maximum Gasteiger partial charge on any atom is 0.250 e. The quantitative estimate of drug-likeness (QED) is 0.381. The zero-order valence-electron chi connectivity index (χ0n) is 19.4. The minimum atomic E-state index is -3.91. The maximum absolute atomic E-state index is 13.4. The summed E-state index contributed by atoms with van der Waals surface area (Å²) in [7, 11) is -2.46. The van der Waals surface area contributed by atoms with E-state index in [-0.39, 0.29) is 11.0 Å². The smallest absolute Gasteiger partial charge is 0.250 e. The fraction of sp³-hybridized carbons (Fsp3) is 0.360. The van der Waals surface area contributed by atoms with Crippen molar-refractivity contribution in [2.45, 2.75) is 49.5 Å². The van der Waals surface area contributed by atoms with Crippen LogP contribution in [0.25, 0.3) is 10.9 Å². The van der Waals surface area contributed by atoms with Gasteiger partial charge in [-0.3, -0.25) is 15.0 Å². The number of fused-ring (bicyclic) bond motifs is 3. The Morgan fingerprint density at radius 2 is 1.89 bits per heavy atom. The minimum absolute atomic E-state index is 0.0866. The molecule has 9 nitrogen and oxygen atoms in total. The van der Waals surface area contributed by atoms with Gasteiger partial charge in [0.1, 0.15) is 12.4 Å². The average molecular weight is 498 g/mol. The van der Waals surface area contributed by atoms with E-state index < -0.39 is 34.0 Å². The SMILES string of the molecule is Cc1cc(COc2ccc(S(=O)(=O)N(C)[C@@H]3C4CCC(O4)[C@@H]3C(=O)NO)cc2)c2ccccc2n1. The van der Waals surface area contributed by atoms with Gasteiger partial charge in [0.05, 0.1) is 34.6 Å². The summed E-state index contributed by atoms with van der Waals surface area (Å²) in [5.41, 5.74) is 4.44. The number of carbonyl (C=O) groups is 1. The Labute approximate surface area is 203 Å². The highest BCUT2D eigenvalue weighted by Crippen LogP contribution is 2.43. The molecule has 2 bridgehead atoms. The first-order valence-electron chi connectivity index (χ1n) is 11.4. The number of para-hydroxylation sites is 1. The van der Waals surface area contributed by atoms with Gasteiger partial charge in [-0.2, -0.15) is 4.31 Å². The Morgan fingerprint density at radius 1 is 1.17 bits per heavy atom. The highest BCUT2D eigenvalue weighted by molar-refractivity contribution is 7.89. The lowest BCUT2D eigenvalue weighted by Gasteiger charge is -2.33. The van der Waals surface area contributed by atoms with Gasteiger partial charge < -0.3 is 9.47 Å². The highest BCUT2D eigenvalue weighted by Gasteiger charge is 2.56. The van der Waals surface area contributed by atoms with E-state index in [2.05, 4.69) is 4.98 Å². The van der Waals surface area contributed by atoms with Gasteiger partial charge in [0.2, 0.25) is 10.0 Å². The Bertz CT molecular complexity index is 1360. The second kappa shape index (κ2) is 9.19. The standard InChI is InChI=1S/C25H27N3O6S/c1-15-13-16(19-5-3-4-6-20(19)26-15)14-33-17-7-9-18(10-8-17)35(31,32)28(2)24-22-12-11-21(34-22)23(24)25(29)27-30/h3-10,13,21-24,30H,11-12,14H2,1-2H3,(H,27,29)/t21?,22?,23-,24+/m0/s1. The lowest BCUT2D eigenvalue weighted by atomic mass is 9.84. The van der Waals surface area contributed by atoms with Crippen LogP contribution in [0.1, 0.15) is 24.1 Å². The lowest BCUT2D eigenvalue weighted by molar-refractivity contribution is -0.136. The van der Waals surface area contributed by atoms with Gasteiger partial charge in [-0.05, 0) is 56.2 Å². The van der Waals surface area contributed by atoms with Gasteiger partial charge in [0.25, 0.3) is 5.91 Å². The number of pyridine rings is 1. The number of hydrogen-bond acceptors (Lipinski definition) is 7. The van der Waals surface area contributed by atoms with Crippen LogP contribution in [0.2, 0.25) is 0 Å². The van der Waals surface area contributed by atoms with Crippen LogP contribution >= 0.6 is 0 Å². The number of carbonyl (C=O) groups excluding carboxylic acids is 1. The molecule has 3 heterocycles. The Hall–Kier alpha value is -3.05. The summed E-state index contributed by atoms with van der Waals surface area (Å²) in [6.07, 6.45) is 0.535. The van der Waals surface area contributed by atoms with Crippen LogP contribution in [-0.2, 0) is 26.2 Å². The second-order valence-corrected chi connectivity index (χ2v) is 11.0. The van der Waals surface area contributed by atoms with Gasteiger partial charge in [0, 0.05) is 23.7 Å². The van der Waals surface area contributed by atoms with E-state index in [4.69, 9.17) is 14.7 Å². The molecule has 1 aromatic heterocycles. The summed E-state index contributed by atoms with van der Waals surface area (Å²) in [6, 6.07) is 15.4. The molecule has 2 aliphatic rings. The largest absolute Gasteiger partial charge is 0.489 e. The molecule has 2 aliphatic heterocycles. The van der Waals surface area contributed by atoms with E-state index >= 15 is 0 Å². The molecular weight excluding hydrogens is 470 g/mol. The molecule has 0 saturated carbocycles. The molecule has 2 fully saturated rings. The highest BCUT2D eigenvalue weighted by atomic mass is 32.2. The van der Waals surface area contributed by atoms with Crippen LogP contribution in [0, 0.1) is 12.8 Å². The summed E-state index contributed by atoms with van der Waals surface area (Å²) >= 11 is 0. The summed E-state index contributed by atoms with van der Waals surface area (Å²) in [5.74, 6) is -0.863. The van der Waals surface area contributed by atoms with Gasteiger partial charge in [-0.1, -0.05) is 18.2 Å². The van der Waals surface area contributed by atoms with Crippen molar-refractivity contribution < 1.29 is 27.9 Å². The first kappa shape index (κ1) is 23.7. The molecule has 2 N–H and O–H groups in total. The number of nitrogens with zero attached hydrogens (tertiary/aromatic N) is 2. The molecule has 2 aromatic carbocycles. The first-order chi connectivity index (χ1) is 16.8. The van der Waals surface area contributed by atoms with E-state index in [1.807, 2.05) is 37.3 Å². The van der Waals surface area contributed by atoms with Crippen molar-refractivity contribution in [2.75, 3.05) is 7.05 Å². The molecule has 184 valence electrons. The number of aryl methyl sites for hydroxylation is 1. The number of likely N-dealkylation sites (N-methyl/N-ethyl adjacent to an activating group) is 1. The lowest BCUT2D eigenvalue weighted by Crippen LogP contribution is -2.52. The molecule has 10 heteroatoms. The summed E-state index contributed by atoms with van der Waals surface area (Å²) < 4.78 is 39.7. The molecule has 4 atom stereocenters. The van der Waals surface area contributed by atoms with Gasteiger partial charge in [-0.25, -0.2) is 13.9 Å². The van der Waals surface area contributed by atoms with Gasteiger partial charge in [0.15, 0.2) is 0 Å². The predicted molar refractivity (Wildman–Crippen MR) is 127 cm³/mol. The molecule has 2 saturated heterocycles. The van der Waals surface area contributed by atoms with Crippen molar-refractivity contribution in [3.63, 3.8) is 0 Å².